The molecular weight excluding hydrogens is 220 g/mol. The molecule has 0 unspecified atom stereocenters. The molecule has 0 fully saturated rings. The molecule has 0 aliphatic carbocycles. The Balaban J connectivity index is 2.32. The summed E-state index contributed by atoms with van der Waals surface area (Å²) in [4.78, 5) is 10.2. The molecule has 1 aromatic heterocycles. The molecule has 2 aromatic rings. The Hall–Kier alpha value is -2.21. The van der Waals surface area contributed by atoms with Crippen molar-refractivity contribution in [3.63, 3.8) is 0 Å². The van der Waals surface area contributed by atoms with Gasteiger partial charge in [-0.2, -0.15) is 5.10 Å². The second-order valence-corrected chi connectivity index (χ2v) is 3.60. The summed E-state index contributed by atoms with van der Waals surface area (Å²) in [5.41, 5.74) is 1.77. The predicted molar refractivity (Wildman–Crippen MR) is 63.0 cm³/mol. The van der Waals surface area contributed by atoms with E-state index in [-0.39, 0.29) is 5.69 Å². The number of rotatable bonds is 4. The van der Waals surface area contributed by atoms with Gasteiger partial charge in [-0.1, -0.05) is 6.07 Å². The second-order valence-electron chi connectivity index (χ2n) is 3.60. The SMILES string of the molecule is CNCc1cnn(-c2cccc([N+](=O)[O-])c2)c1. The molecule has 17 heavy (non-hydrogen) atoms. The Labute approximate surface area is 98.0 Å². The van der Waals surface area contributed by atoms with Gasteiger partial charge in [0, 0.05) is 30.4 Å². The van der Waals surface area contributed by atoms with Crippen LogP contribution in [-0.2, 0) is 6.54 Å². The molecule has 6 heteroatoms. The van der Waals surface area contributed by atoms with Crippen LogP contribution in [0.1, 0.15) is 5.56 Å². The third kappa shape index (κ3) is 2.48. The second kappa shape index (κ2) is 4.75. The smallest absolute Gasteiger partial charge is 0.271 e. The van der Waals surface area contributed by atoms with E-state index in [0.717, 1.165) is 12.1 Å². The molecule has 0 saturated carbocycles. The van der Waals surface area contributed by atoms with Crippen LogP contribution >= 0.6 is 0 Å². The first-order valence-electron chi connectivity index (χ1n) is 5.13. The summed E-state index contributed by atoms with van der Waals surface area (Å²) in [6, 6.07) is 6.38. The highest BCUT2D eigenvalue weighted by Crippen LogP contribution is 2.16. The van der Waals surface area contributed by atoms with Gasteiger partial charge in [0.25, 0.3) is 5.69 Å². The maximum absolute atomic E-state index is 10.7. The lowest BCUT2D eigenvalue weighted by molar-refractivity contribution is -0.384. The molecule has 1 N–H and O–H groups in total. The minimum atomic E-state index is -0.415. The van der Waals surface area contributed by atoms with Crippen molar-refractivity contribution in [3.05, 3.63) is 52.3 Å². The van der Waals surface area contributed by atoms with Gasteiger partial charge in [-0.15, -0.1) is 0 Å². The van der Waals surface area contributed by atoms with Crippen LogP contribution < -0.4 is 5.32 Å². The van der Waals surface area contributed by atoms with E-state index in [1.807, 2.05) is 13.2 Å². The van der Waals surface area contributed by atoms with E-state index in [9.17, 15) is 10.1 Å². The normalized spacial score (nSPS) is 10.4. The quantitative estimate of drug-likeness (QED) is 0.640. The molecule has 0 bridgehead atoms. The molecule has 0 saturated heterocycles. The van der Waals surface area contributed by atoms with Crippen molar-refractivity contribution in [3.8, 4) is 5.69 Å². The monoisotopic (exact) mass is 232 g/mol. The van der Waals surface area contributed by atoms with Gasteiger partial charge in [-0.05, 0) is 13.1 Å². The summed E-state index contributed by atoms with van der Waals surface area (Å²) in [5, 5.41) is 17.8. The highest BCUT2D eigenvalue weighted by Gasteiger charge is 2.07. The van der Waals surface area contributed by atoms with Crippen LogP contribution in [0.5, 0.6) is 0 Å². The van der Waals surface area contributed by atoms with Crippen molar-refractivity contribution in [1.82, 2.24) is 15.1 Å². The van der Waals surface area contributed by atoms with Crippen LogP contribution in [0.4, 0.5) is 5.69 Å². The van der Waals surface area contributed by atoms with E-state index in [1.54, 1.807) is 23.0 Å². The van der Waals surface area contributed by atoms with Crippen molar-refractivity contribution >= 4 is 5.69 Å². The molecule has 0 radical (unpaired) electrons. The molecule has 0 spiro atoms. The summed E-state index contributed by atoms with van der Waals surface area (Å²) in [7, 11) is 1.85. The van der Waals surface area contributed by atoms with Crippen LogP contribution in [0.3, 0.4) is 0 Å². The fourth-order valence-corrected chi connectivity index (χ4v) is 1.55. The molecule has 6 nitrogen and oxygen atoms in total. The van der Waals surface area contributed by atoms with Crippen LogP contribution in [0, 0.1) is 10.1 Å². The van der Waals surface area contributed by atoms with E-state index in [2.05, 4.69) is 10.4 Å². The molecule has 88 valence electrons. The molecule has 1 aromatic carbocycles. The number of nitro groups is 1. The minimum absolute atomic E-state index is 0.0631. The largest absolute Gasteiger partial charge is 0.316 e. The Morgan fingerprint density at radius 3 is 3.06 bits per heavy atom. The lowest BCUT2D eigenvalue weighted by Gasteiger charge is -2.00. The topological polar surface area (TPSA) is 73.0 Å². The van der Waals surface area contributed by atoms with Gasteiger partial charge in [0.15, 0.2) is 0 Å². The Bertz CT molecular complexity index is 536. The van der Waals surface area contributed by atoms with Gasteiger partial charge in [0.1, 0.15) is 0 Å². The number of nitrogens with one attached hydrogen (secondary N) is 1. The minimum Gasteiger partial charge on any atom is -0.316 e. The van der Waals surface area contributed by atoms with Gasteiger partial charge >= 0.3 is 0 Å². The summed E-state index contributed by atoms with van der Waals surface area (Å²) >= 11 is 0. The Kier molecular flexibility index (Phi) is 3.15. The highest BCUT2D eigenvalue weighted by atomic mass is 16.6. The Morgan fingerprint density at radius 2 is 2.35 bits per heavy atom. The first kappa shape index (κ1) is 11.3. The summed E-state index contributed by atoms with van der Waals surface area (Å²) < 4.78 is 1.62. The van der Waals surface area contributed by atoms with Crippen molar-refractivity contribution in [1.29, 1.82) is 0 Å². The molecule has 1 heterocycles. The molecule has 0 aliphatic rings. The van der Waals surface area contributed by atoms with E-state index in [4.69, 9.17) is 0 Å². The van der Waals surface area contributed by atoms with Crippen LogP contribution in [0.15, 0.2) is 36.7 Å². The van der Waals surface area contributed by atoms with Crippen molar-refractivity contribution < 1.29 is 4.92 Å². The third-order valence-corrected chi connectivity index (χ3v) is 2.32. The highest BCUT2D eigenvalue weighted by molar-refractivity contribution is 5.42. The maximum atomic E-state index is 10.7. The van der Waals surface area contributed by atoms with E-state index >= 15 is 0 Å². The van der Waals surface area contributed by atoms with Gasteiger partial charge in [-0.25, -0.2) is 4.68 Å². The van der Waals surface area contributed by atoms with E-state index in [1.165, 1.54) is 12.1 Å². The lowest BCUT2D eigenvalue weighted by atomic mass is 10.3. The summed E-state index contributed by atoms with van der Waals surface area (Å²) in [5.74, 6) is 0. The number of nitrogens with zero attached hydrogens (tertiary/aromatic N) is 3. The van der Waals surface area contributed by atoms with Gasteiger partial charge in [0.2, 0.25) is 0 Å². The fraction of sp³-hybridized carbons (Fsp3) is 0.182. The van der Waals surface area contributed by atoms with Crippen molar-refractivity contribution in [2.75, 3.05) is 7.05 Å². The summed E-state index contributed by atoms with van der Waals surface area (Å²) in [6.45, 7) is 0.717. The lowest BCUT2D eigenvalue weighted by Crippen LogP contribution is -2.03. The van der Waals surface area contributed by atoms with Gasteiger partial charge in [-0.3, -0.25) is 10.1 Å². The van der Waals surface area contributed by atoms with Crippen LogP contribution in [0.2, 0.25) is 0 Å². The standard InChI is InChI=1S/C11H12N4O2/c1-12-6-9-7-13-14(8-9)10-3-2-4-11(5-10)15(16)17/h2-5,7-8,12H,6H2,1H3. The zero-order valence-corrected chi connectivity index (χ0v) is 9.33. The number of aromatic nitrogens is 2. The van der Waals surface area contributed by atoms with Crippen LogP contribution in [-0.4, -0.2) is 21.8 Å². The number of hydrogen-bond acceptors (Lipinski definition) is 4. The van der Waals surface area contributed by atoms with E-state index < -0.39 is 4.92 Å². The average Bonchev–Trinajstić information content (AvgIpc) is 2.78. The molecule has 0 atom stereocenters. The van der Waals surface area contributed by atoms with E-state index in [0.29, 0.717) is 5.69 Å². The molecular formula is C11H12N4O2. The molecule has 0 amide bonds. The average molecular weight is 232 g/mol. The number of hydrogen-bond donors (Lipinski definition) is 1. The van der Waals surface area contributed by atoms with Gasteiger partial charge in [0.05, 0.1) is 16.8 Å². The molecule has 2 rings (SSSR count). The fourth-order valence-electron chi connectivity index (χ4n) is 1.55. The predicted octanol–water partition coefficient (Wildman–Crippen LogP) is 1.50. The third-order valence-electron chi connectivity index (χ3n) is 2.32. The first-order valence-corrected chi connectivity index (χ1v) is 5.13. The zero-order valence-electron chi connectivity index (χ0n) is 9.33. The maximum Gasteiger partial charge on any atom is 0.271 e. The molecule has 0 aliphatic heterocycles. The van der Waals surface area contributed by atoms with Gasteiger partial charge < -0.3 is 5.32 Å². The number of non-ortho nitro benzene ring substituents is 1. The summed E-state index contributed by atoms with van der Waals surface area (Å²) in [6.07, 6.45) is 3.57. The first-order chi connectivity index (χ1) is 8.20. The van der Waals surface area contributed by atoms with Crippen molar-refractivity contribution in [2.24, 2.45) is 0 Å². The number of benzene rings is 1. The number of nitro benzene ring substituents is 1. The Morgan fingerprint density at radius 1 is 1.53 bits per heavy atom. The zero-order chi connectivity index (χ0) is 12.3. The van der Waals surface area contributed by atoms with Crippen molar-refractivity contribution in [2.45, 2.75) is 6.54 Å². The van der Waals surface area contributed by atoms with Crippen LogP contribution in [0.25, 0.3) is 5.69 Å².